The molecule has 2 unspecified atom stereocenters. The van der Waals surface area contributed by atoms with E-state index in [-0.39, 0.29) is 17.6 Å². The van der Waals surface area contributed by atoms with Gasteiger partial charge in [-0.15, -0.1) is 0 Å². The minimum atomic E-state index is -1.20. The third kappa shape index (κ3) is 2.90. The quantitative estimate of drug-likeness (QED) is 0.864. The molecule has 1 aliphatic rings. The molecule has 20 heavy (non-hydrogen) atoms. The van der Waals surface area contributed by atoms with Crippen molar-refractivity contribution >= 4 is 11.7 Å². The van der Waals surface area contributed by atoms with Crippen LogP contribution in [0.4, 0.5) is 14.5 Å². The van der Waals surface area contributed by atoms with Crippen LogP contribution in [-0.4, -0.2) is 32.3 Å². The van der Waals surface area contributed by atoms with Gasteiger partial charge in [-0.1, -0.05) is 0 Å². The third-order valence-corrected chi connectivity index (χ3v) is 3.54. The summed E-state index contributed by atoms with van der Waals surface area (Å²) in [7, 11) is 1.12. The number of nitrogens with one attached hydrogen (secondary N) is 1. The number of halogens is 2. The van der Waals surface area contributed by atoms with Crippen LogP contribution in [0, 0.1) is 17.6 Å². The van der Waals surface area contributed by atoms with E-state index in [2.05, 4.69) is 10.1 Å². The minimum absolute atomic E-state index is 0.0366. The summed E-state index contributed by atoms with van der Waals surface area (Å²) >= 11 is 0. The van der Waals surface area contributed by atoms with Gasteiger partial charge in [0, 0.05) is 18.6 Å². The van der Waals surface area contributed by atoms with E-state index in [1.165, 1.54) is 12.1 Å². The van der Waals surface area contributed by atoms with Crippen LogP contribution in [-0.2, 0) is 9.47 Å². The highest BCUT2D eigenvalue weighted by molar-refractivity contribution is 5.90. The van der Waals surface area contributed by atoms with Crippen molar-refractivity contribution in [3.63, 3.8) is 0 Å². The maximum Gasteiger partial charge on any atom is 0.340 e. The third-order valence-electron chi connectivity index (χ3n) is 3.54. The van der Waals surface area contributed by atoms with Gasteiger partial charge in [0.2, 0.25) is 0 Å². The Balaban J connectivity index is 2.16. The molecule has 0 bridgehead atoms. The highest BCUT2D eigenvalue weighted by Crippen LogP contribution is 2.25. The second-order valence-corrected chi connectivity index (χ2v) is 4.84. The molecule has 1 heterocycles. The number of rotatable bonds is 4. The zero-order chi connectivity index (χ0) is 14.7. The van der Waals surface area contributed by atoms with Gasteiger partial charge in [-0.05, 0) is 25.5 Å². The Kier molecular flexibility index (Phi) is 4.54. The van der Waals surface area contributed by atoms with Crippen molar-refractivity contribution in [2.24, 2.45) is 5.92 Å². The van der Waals surface area contributed by atoms with E-state index in [4.69, 9.17) is 4.74 Å². The zero-order valence-electron chi connectivity index (χ0n) is 11.4. The molecular formula is C14H17F2NO3. The number of benzene rings is 1. The molecule has 2 rings (SSSR count). The number of esters is 1. The van der Waals surface area contributed by atoms with Crippen LogP contribution in [0.1, 0.15) is 23.7 Å². The average Bonchev–Trinajstić information content (AvgIpc) is 2.97. The molecule has 0 amide bonds. The Morgan fingerprint density at radius 2 is 2.20 bits per heavy atom. The highest BCUT2D eigenvalue weighted by Gasteiger charge is 2.25. The van der Waals surface area contributed by atoms with Crippen LogP contribution in [0.15, 0.2) is 12.1 Å². The van der Waals surface area contributed by atoms with Gasteiger partial charge in [0.05, 0.1) is 25.0 Å². The average molecular weight is 285 g/mol. The molecule has 6 heteroatoms. The summed E-state index contributed by atoms with van der Waals surface area (Å²) in [5.41, 5.74) is -0.373. The molecule has 1 aromatic rings. The molecule has 0 spiro atoms. The lowest BCUT2D eigenvalue weighted by Gasteiger charge is -2.21. The van der Waals surface area contributed by atoms with Crippen LogP contribution < -0.4 is 5.32 Å². The van der Waals surface area contributed by atoms with E-state index in [9.17, 15) is 13.6 Å². The number of anilines is 1. The van der Waals surface area contributed by atoms with Gasteiger partial charge < -0.3 is 14.8 Å². The summed E-state index contributed by atoms with van der Waals surface area (Å²) in [5.74, 6) is -2.90. The predicted molar refractivity (Wildman–Crippen MR) is 69.7 cm³/mol. The lowest BCUT2D eigenvalue weighted by atomic mass is 10.0. The van der Waals surface area contributed by atoms with Crippen molar-refractivity contribution in [1.82, 2.24) is 0 Å². The minimum Gasteiger partial charge on any atom is -0.465 e. The molecule has 1 fully saturated rings. The van der Waals surface area contributed by atoms with Gasteiger partial charge in [-0.2, -0.15) is 0 Å². The van der Waals surface area contributed by atoms with Crippen molar-refractivity contribution in [1.29, 1.82) is 0 Å². The van der Waals surface area contributed by atoms with E-state index in [1.807, 2.05) is 6.92 Å². The van der Waals surface area contributed by atoms with Gasteiger partial charge in [-0.25, -0.2) is 13.6 Å². The topological polar surface area (TPSA) is 47.6 Å². The number of ether oxygens (including phenoxy) is 2. The molecule has 0 saturated carbocycles. The smallest absolute Gasteiger partial charge is 0.340 e. The molecular weight excluding hydrogens is 268 g/mol. The first-order chi connectivity index (χ1) is 9.54. The summed E-state index contributed by atoms with van der Waals surface area (Å²) < 4.78 is 37.4. The Hall–Kier alpha value is -1.69. The fourth-order valence-electron chi connectivity index (χ4n) is 2.24. The Morgan fingerprint density at radius 1 is 1.45 bits per heavy atom. The lowest BCUT2D eigenvalue weighted by molar-refractivity contribution is 0.0594. The standard InChI is InChI=1S/C14H17F2NO3/c1-8(9-5-6-20-7-9)17-11-4-3-10(14(18)19-2)12(15)13(11)16/h3-4,8-9,17H,5-7H2,1-2H3. The fourth-order valence-corrected chi connectivity index (χ4v) is 2.24. The normalized spacial score (nSPS) is 19.7. The maximum absolute atomic E-state index is 13.9. The van der Waals surface area contributed by atoms with Crippen LogP contribution >= 0.6 is 0 Å². The molecule has 110 valence electrons. The van der Waals surface area contributed by atoms with Crippen molar-refractivity contribution in [3.8, 4) is 0 Å². The van der Waals surface area contributed by atoms with Crippen molar-refractivity contribution in [2.75, 3.05) is 25.6 Å². The van der Waals surface area contributed by atoms with E-state index >= 15 is 0 Å². The molecule has 1 saturated heterocycles. The van der Waals surface area contributed by atoms with E-state index in [0.717, 1.165) is 13.5 Å². The summed E-state index contributed by atoms with van der Waals surface area (Å²) in [6, 6.07) is 2.51. The number of hydrogen-bond acceptors (Lipinski definition) is 4. The summed E-state index contributed by atoms with van der Waals surface area (Å²) in [4.78, 5) is 11.3. The number of carbonyl (C=O) groups excluding carboxylic acids is 1. The molecule has 0 aromatic heterocycles. The lowest BCUT2D eigenvalue weighted by Crippen LogP contribution is -2.27. The monoisotopic (exact) mass is 285 g/mol. The van der Waals surface area contributed by atoms with Crippen molar-refractivity contribution in [2.45, 2.75) is 19.4 Å². The highest BCUT2D eigenvalue weighted by atomic mass is 19.2. The van der Waals surface area contributed by atoms with Crippen LogP contribution in [0.3, 0.4) is 0 Å². The zero-order valence-corrected chi connectivity index (χ0v) is 11.4. The van der Waals surface area contributed by atoms with E-state index in [0.29, 0.717) is 13.2 Å². The first-order valence-corrected chi connectivity index (χ1v) is 6.45. The van der Waals surface area contributed by atoms with Gasteiger partial charge in [0.25, 0.3) is 0 Å². The van der Waals surface area contributed by atoms with Crippen LogP contribution in [0.2, 0.25) is 0 Å². The summed E-state index contributed by atoms with van der Waals surface area (Å²) in [6.07, 6.45) is 0.887. The predicted octanol–water partition coefficient (Wildman–Crippen LogP) is 2.59. The molecule has 1 N–H and O–H groups in total. The van der Waals surface area contributed by atoms with Crippen LogP contribution in [0.5, 0.6) is 0 Å². The van der Waals surface area contributed by atoms with Gasteiger partial charge >= 0.3 is 5.97 Å². The Labute approximate surface area is 116 Å². The molecule has 2 atom stereocenters. The number of hydrogen-bond donors (Lipinski definition) is 1. The Bertz CT molecular complexity index is 501. The van der Waals surface area contributed by atoms with Crippen LogP contribution in [0.25, 0.3) is 0 Å². The number of carbonyl (C=O) groups is 1. The molecule has 1 aliphatic heterocycles. The SMILES string of the molecule is COC(=O)c1ccc(NC(C)C2CCOC2)c(F)c1F. The maximum atomic E-state index is 13.9. The second-order valence-electron chi connectivity index (χ2n) is 4.84. The van der Waals surface area contributed by atoms with Gasteiger partial charge in [0.15, 0.2) is 11.6 Å². The Morgan fingerprint density at radius 3 is 2.80 bits per heavy atom. The first kappa shape index (κ1) is 14.7. The molecule has 1 aromatic carbocycles. The molecule has 0 aliphatic carbocycles. The second kappa shape index (κ2) is 6.17. The fraction of sp³-hybridized carbons (Fsp3) is 0.500. The van der Waals surface area contributed by atoms with Crippen molar-refractivity contribution in [3.05, 3.63) is 29.3 Å². The van der Waals surface area contributed by atoms with Crippen molar-refractivity contribution < 1.29 is 23.0 Å². The summed E-state index contributed by atoms with van der Waals surface area (Å²) in [6.45, 7) is 3.19. The first-order valence-electron chi connectivity index (χ1n) is 6.45. The largest absolute Gasteiger partial charge is 0.465 e. The molecule has 4 nitrogen and oxygen atoms in total. The summed E-state index contributed by atoms with van der Waals surface area (Å²) in [5, 5.41) is 2.93. The van der Waals surface area contributed by atoms with E-state index < -0.39 is 23.2 Å². The van der Waals surface area contributed by atoms with Gasteiger partial charge in [0.1, 0.15) is 0 Å². The van der Waals surface area contributed by atoms with E-state index in [1.54, 1.807) is 0 Å². The molecule has 0 radical (unpaired) electrons. The number of methoxy groups -OCH3 is 1. The van der Waals surface area contributed by atoms with Gasteiger partial charge in [-0.3, -0.25) is 0 Å².